The number of piperidine rings is 1. The summed E-state index contributed by atoms with van der Waals surface area (Å²) in [4.78, 5) is 14.8. The molecule has 7 heteroatoms. The number of nitrogens with one attached hydrogen (secondary N) is 1. The number of carbonyl (C=O) groups excluding carboxylic acids is 1. The van der Waals surface area contributed by atoms with Crippen molar-refractivity contribution in [3.05, 3.63) is 29.8 Å². The zero-order valence-corrected chi connectivity index (χ0v) is 15.8. The lowest BCUT2D eigenvalue weighted by molar-refractivity contribution is 0.0655. The van der Waals surface area contributed by atoms with Gasteiger partial charge < -0.3 is 10.2 Å². The number of carbonyl (C=O) groups is 1. The van der Waals surface area contributed by atoms with Crippen LogP contribution in [0.25, 0.3) is 0 Å². The SMILES string of the molecule is CC1CCCCN1S(=O)(=O)c1ccc(C(=O)N2CCNC[C@H]2C)cc1. The van der Waals surface area contributed by atoms with Crippen LogP contribution in [0.15, 0.2) is 29.2 Å². The highest BCUT2D eigenvalue weighted by molar-refractivity contribution is 7.89. The first-order valence-corrected chi connectivity index (χ1v) is 10.5. The van der Waals surface area contributed by atoms with Crippen LogP contribution in [0.2, 0.25) is 0 Å². The van der Waals surface area contributed by atoms with Crippen molar-refractivity contribution < 1.29 is 13.2 Å². The molecule has 0 spiro atoms. The summed E-state index contributed by atoms with van der Waals surface area (Å²) in [6, 6.07) is 6.57. The predicted octanol–water partition coefficient (Wildman–Crippen LogP) is 1.68. The summed E-state index contributed by atoms with van der Waals surface area (Å²) in [6.07, 6.45) is 2.88. The molecule has 0 aromatic heterocycles. The summed E-state index contributed by atoms with van der Waals surface area (Å²) < 4.78 is 27.3. The monoisotopic (exact) mass is 365 g/mol. The lowest BCUT2D eigenvalue weighted by Crippen LogP contribution is -2.52. The second-order valence-corrected chi connectivity index (χ2v) is 8.93. The number of hydrogen-bond acceptors (Lipinski definition) is 4. The molecule has 1 amide bonds. The molecule has 1 aromatic rings. The first-order valence-electron chi connectivity index (χ1n) is 9.05. The van der Waals surface area contributed by atoms with Gasteiger partial charge in [0, 0.05) is 43.8 Å². The van der Waals surface area contributed by atoms with E-state index < -0.39 is 10.0 Å². The lowest BCUT2D eigenvalue weighted by atomic mass is 10.1. The highest BCUT2D eigenvalue weighted by Gasteiger charge is 2.31. The average Bonchev–Trinajstić information content (AvgIpc) is 2.62. The molecule has 0 aliphatic carbocycles. The molecule has 6 nitrogen and oxygen atoms in total. The topological polar surface area (TPSA) is 69.7 Å². The highest BCUT2D eigenvalue weighted by Crippen LogP contribution is 2.25. The summed E-state index contributed by atoms with van der Waals surface area (Å²) >= 11 is 0. The third-order valence-electron chi connectivity index (χ3n) is 5.21. The molecule has 2 saturated heterocycles. The molecule has 0 radical (unpaired) electrons. The second kappa shape index (κ2) is 7.43. The Hall–Kier alpha value is -1.44. The fourth-order valence-electron chi connectivity index (χ4n) is 3.64. The summed E-state index contributed by atoms with van der Waals surface area (Å²) in [5.74, 6) is -0.0377. The van der Waals surface area contributed by atoms with E-state index in [9.17, 15) is 13.2 Å². The van der Waals surface area contributed by atoms with Crippen molar-refractivity contribution in [2.45, 2.75) is 50.1 Å². The van der Waals surface area contributed by atoms with Crippen molar-refractivity contribution in [3.8, 4) is 0 Å². The van der Waals surface area contributed by atoms with Gasteiger partial charge in [-0.1, -0.05) is 6.42 Å². The predicted molar refractivity (Wildman–Crippen MR) is 97.0 cm³/mol. The van der Waals surface area contributed by atoms with Gasteiger partial charge in [0.25, 0.3) is 5.91 Å². The van der Waals surface area contributed by atoms with Crippen LogP contribution in [0.1, 0.15) is 43.5 Å². The molecule has 2 fully saturated rings. The van der Waals surface area contributed by atoms with Gasteiger partial charge in [0.15, 0.2) is 0 Å². The van der Waals surface area contributed by atoms with Gasteiger partial charge in [0.05, 0.1) is 4.90 Å². The molecule has 25 heavy (non-hydrogen) atoms. The van der Waals surface area contributed by atoms with E-state index >= 15 is 0 Å². The van der Waals surface area contributed by atoms with Crippen LogP contribution in [0, 0.1) is 0 Å². The summed E-state index contributed by atoms with van der Waals surface area (Å²) in [5, 5.41) is 3.26. The highest BCUT2D eigenvalue weighted by atomic mass is 32.2. The van der Waals surface area contributed by atoms with Gasteiger partial charge in [-0.05, 0) is 51.0 Å². The molecule has 2 heterocycles. The van der Waals surface area contributed by atoms with Crippen LogP contribution in [-0.2, 0) is 10.0 Å². The number of amides is 1. The third-order valence-corrected chi connectivity index (χ3v) is 7.24. The van der Waals surface area contributed by atoms with Crippen molar-refractivity contribution in [3.63, 3.8) is 0 Å². The maximum absolute atomic E-state index is 12.9. The molecule has 0 saturated carbocycles. The largest absolute Gasteiger partial charge is 0.333 e. The number of piperazine rings is 1. The summed E-state index contributed by atoms with van der Waals surface area (Å²) in [7, 11) is -3.49. The maximum atomic E-state index is 12.9. The molecule has 1 aromatic carbocycles. The van der Waals surface area contributed by atoms with Crippen LogP contribution >= 0.6 is 0 Å². The minimum Gasteiger partial charge on any atom is -0.333 e. The first kappa shape index (κ1) is 18.4. The summed E-state index contributed by atoms with van der Waals surface area (Å²) in [6.45, 7) is 6.79. The van der Waals surface area contributed by atoms with Crippen molar-refractivity contribution in [1.29, 1.82) is 0 Å². The fraction of sp³-hybridized carbons (Fsp3) is 0.611. The fourth-order valence-corrected chi connectivity index (χ4v) is 5.34. The van der Waals surface area contributed by atoms with Gasteiger partial charge >= 0.3 is 0 Å². The van der Waals surface area contributed by atoms with Crippen molar-refractivity contribution in [1.82, 2.24) is 14.5 Å². The third kappa shape index (κ3) is 3.73. The van der Waals surface area contributed by atoms with Crippen molar-refractivity contribution in [2.24, 2.45) is 0 Å². The van der Waals surface area contributed by atoms with E-state index in [1.165, 1.54) is 0 Å². The molecule has 0 bridgehead atoms. The number of benzene rings is 1. The van der Waals surface area contributed by atoms with Crippen LogP contribution < -0.4 is 5.32 Å². The van der Waals surface area contributed by atoms with E-state index in [0.29, 0.717) is 18.7 Å². The van der Waals surface area contributed by atoms with Gasteiger partial charge in [0.1, 0.15) is 0 Å². The van der Waals surface area contributed by atoms with E-state index in [0.717, 1.165) is 32.4 Å². The van der Waals surface area contributed by atoms with Crippen molar-refractivity contribution >= 4 is 15.9 Å². The molecule has 2 aliphatic rings. The number of hydrogen-bond donors (Lipinski definition) is 1. The van der Waals surface area contributed by atoms with Gasteiger partial charge in [0.2, 0.25) is 10.0 Å². The zero-order valence-electron chi connectivity index (χ0n) is 14.9. The van der Waals surface area contributed by atoms with Gasteiger partial charge in [-0.3, -0.25) is 4.79 Å². The quantitative estimate of drug-likeness (QED) is 0.885. The molecule has 3 rings (SSSR count). The van der Waals surface area contributed by atoms with E-state index in [1.807, 2.05) is 18.7 Å². The molecule has 1 unspecified atom stereocenters. The van der Waals surface area contributed by atoms with Gasteiger partial charge in [-0.15, -0.1) is 0 Å². The van der Waals surface area contributed by atoms with E-state index in [1.54, 1.807) is 28.6 Å². The molecule has 2 atom stereocenters. The van der Waals surface area contributed by atoms with Crippen LogP contribution in [0.5, 0.6) is 0 Å². The van der Waals surface area contributed by atoms with Crippen LogP contribution in [-0.4, -0.2) is 61.8 Å². The Balaban J connectivity index is 1.78. The normalized spacial score (nSPS) is 25.8. The number of sulfonamides is 1. The molecule has 2 aliphatic heterocycles. The van der Waals surface area contributed by atoms with E-state index in [-0.39, 0.29) is 22.9 Å². The standard InChI is InChI=1S/C18H27N3O3S/c1-14-5-3-4-11-21(14)25(23,24)17-8-6-16(7-9-17)18(22)20-12-10-19-13-15(20)2/h6-9,14-15,19H,3-5,10-13H2,1-2H3/t14?,15-/m1/s1. The minimum absolute atomic E-state index is 0.0294. The molecule has 1 N–H and O–H groups in total. The maximum Gasteiger partial charge on any atom is 0.254 e. The minimum atomic E-state index is -3.49. The zero-order chi connectivity index (χ0) is 18.0. The molecular formula is C18H27N3O3S. The molecule has 138 valence electrons. The van der Waals surface area contributed by atoms with Crippen LogP contribution in [0.3, 0.4) is 0 Å². The van der Waals surface area contributed by atoms with Crippen molar-refractivity contribution in [2.75, 3.05) is 26.2 Å². The smallest absolute Gasteiger partial charge is 0.254 e. The summed E-state index contributed by atoms with van der Waals surface area (Å²) in [5.41, 5.74) is 0.541. The van der Waals surface area contributed by atoms with Gasteiger partial charge in [-0.2, -0.15) is 4.31 Å². The van der Waals surface area contributed by atoms with E-state index in [4.69, 9.17) is 0 Å². The Morgan fingerprint density at radius 2 is 1.80 bits per heavy atom. The van der Waals surface area contributed by atoms with Gasteiger partial charge in [-0.25, -0.2) is 8.42 Å². The Morgan fingerprint density at radius 1 is 1.08 bits per heavy atom. The molecular weight excluding hydrogens is 338 g/mol. The Bertz CT molecular complexity index is 718. The Morgan fingerprint density at radius 3 is 2.44 bits per heavy atom. The Kier molecular flexibility index (Phi) is 5.46. The number of nitrogens with zero attached hydrogens (tertiary/aromatic N) is 2. The van der Waals surface area contributed by atoms with Crippen LogP contribution in [0.4, 0.5) is 0 Å². The Labute approximate surface area is 150 Å². The number of rotatable bonds is 3. The lowest BCUT2D eigenvalue weighted by Gasteiger charge is -2.34. The first-order chi connectivity index (χ1) is 11.9. The van der Waals surface area contributed by atoms with E-state index in [2.05, 4.69) is 5.32 Å². The average molecular weight is 365 g/mol. The second-order valence-electron chi connectivity index (χ2n) is 7.04.